The van der Waals surface area contributed by atoms with Crippen LogP contribution in [0.15, 0.2) is 35.6 Å². The maximum Gasteiger partial charge on any atom is 0.415 e. The lowest BCUT2D eigenvalue weighted by Crippen LogP contribution is -2.48. The summed E-state index contributed by atoms with van der Waals surface area (Å²) in [6, 6.07) is 7.57. The van der Waals surface area contributed by atoms with Crippen LogP contribution in [0.3, 0.4) is 0 Å². The fourth-order valence-electron chi connectivity index (χ4n) is 7.25. The van der Waals surface area contributed by atoms with Gasteiger partial charge in [0.2, 0.25) is 0 Å². The predicted octanol–water partition coefficient (Wildman–Crippen LogP) is 4.17. The first kappa shape index (κ1) is 27.8. The SMILES string of the molecule is C=Cc1c2c(nc3ccc(OC(=O)N4CCC(N5CCCCC5)CC4)cc13)-c1cc3c(c(=O)n1C2)COC(=O)[C@]3(O)CC. The van der Waals surface area contributed by atoms with Crippen molar-refractivity contribution < 1.29 is 24.2 Å². The molecule has 1 amide bonds. The molecule has 0 aliphatic carbocycles. The molecule has 0 saturated carbocycles. The Kier molecular flexibility index (Phi) is 6.85. The molecule has 6 heterocycles. The van der Waals surface area contributed by atoms with Crippen LogP contribution in [0.1, 0.15) is 67.7 Å². The second-order valence-corrected chi connectivity index (χ2v) is 12.0. The highest BCUT2D eigenvalue weighted by molar-refractivity contribution is 5.94. The smallest absolute Gasteiger partial charge is 0.415 e. The lowest BCUT2D eigenvalue weighted by molar-refractivity contribution is -0.172. The summed E-state index contributed by atoms with van der Waals surface area (Å²) in [4.78, 5) is 48.4. The number of hydrogen-bond donors (Lipinski definition) is 1. The Hall–Kier alpha value is -4.02. The normalized spacial score (nSPS) is 22.1. The zero-order valence-corrected chi connectivity index (χ0v) is 24.4. The van der Waals surface area contributed by atoms with Gasteiger partial charge in [-0.05, 0) is 75.0 Å². The molecule has 1 aromatic carbocycles. The topological polar surface area (TPSA) is 114 Å². The van der Waals surface area contributed by atoms with Gasteiger partial charge in [-0.25, -0.2) is 14.6 Å². The molecule has 0 spiro atoms. The lowest BCUT2D eigenvalue weighted by Gasteiger charge is -2.39. The Labute approximate surface area is 249 Å². The van der Waals surface area contributed by atoms with E-state index in [0.29, 0.717) is 41.8 Å². The second kappa shape index (κ2) is 10.6. The van der Waals surface area contributed by atoms with Gasteiger partial charge in [-0.1, -0.05) is 26.0 Å². The highest BCUT2D eigenvalue weighted by Gasteiger charge is 2.45. The number of piperidine rings is 2. The largest absolute Gasteiger partial charge is 0.458 e. The van der Waals surface area contributed by atoms with Crippen molar-refractivity contribution in [3.05, 3.63) is 63.5 Å². The van der Waals surface area contributed by atoms with E-state index >= 15 is 0 Å². The third-order valence-corrected chi connectivity index (χ3v) is 9.74. The minimum absolute atomic E-state index is 0.0790. The minimum Gasteiger partial charge on any atom is -0.458 e. The molecule has 1 atom stereocenters. The molecule has 7 rings (SSSR count). The van der Waals surface area contributed by atoms with Gasteiger partial charge in [-0.2, -0.15) is 0 Å². The van der Waals surface area contributed by atoms with Gasteiger partial charge < -0.3 is 28.9 Å². The van der Waals surface area contributed by atoms with Gasteiger partial charge in [0.05, 0.1) is 29.0 Å². The molecule has 4 aliphatic heterocycles. The van der Waals surface area contributed by atoms with Crippen LogP contribution in [0.2, 0.25) is 0 Å². The number of aliphatic hydroxyl groups is 1. The van der Waals surface area contributed by atoms with Crippen LogP contribution in [-0.4, -0.2) is 68.7 Å². The number of aromatic nitrogens is 2. The monoisotopic (exact) mass is 584 g/mol. The number of carbonyl (C=O) groups excluding carboxylic acids is 2. The van der Waals surface area contributed by atoms with E-state index in [0.717, 1.165) is 42.4 Å². The van der Waals surface area contributed by atoms with E-state index in [2.05, 4.69) is 11.5 Å². The predicted molar refractivity (Wildman–Crippen MR) is 161 cm³/mol. The zero-order chi connectivity index (χ0) is 29.9. The van der Waals surface area contributed by atoms with Crippen LogP contribution in [-0.2, 0) is 28.3 Å². The molecule has 4 aliphatic rings. The van der Waals surface area contributed by atoms with Gasteiger partial charge in [0.25, 0.3) is 5.56 Å². The number of carbonyl (C=O) groups is 2. The van der Waals surface area contributed by atoms with Gasteiger partial charge >= 0.3 is 12.1 Å². The number of nitrogens with zero attached hydrogens (tertiary/aromatic N) is 4. The van der Waals surface area contributed by atoms with Crippen molar-refractivity contribution in [1.29, 1.82) is 0 Å². The van der Waals surface area contributed by atoms with Crippen LogP contribution in [0.5, 0.6) is 5.75 Å². The third-order valence-electron chi connectivity index (χ3n) is 9.74. The number of cyclic esters (lactones) is 1. The molecule has 43 heavy (non-hydrogen) atoms. The first-order valence-electron chi connectivity index (χ1n) is 15.3. The summed E-state index contributed by atoms with van der Waals surface area (Å²) in [6.45, 7) is 9.48. The fourth-order valence-corrected chi connectivity index (χ4v) is 7.25. The van der Waals surface area contributed by atoms with E-state index < -0.39 is 11.6 Å². The quantitative estimate of drug-likeness (QED) is 0.356. The molecule has 10 nitrogen and oxygen atoms in total. The molecule has 1 N–H and O–H groups in total. The summed E-state index contributed by atoms with van der Waals surface area (Å²) in [7, 11) is 0. The Bertz CT molecular complexity index is 1720. The lowest BCUT2D eigenvalue weighted by atomic mass is 9.86. The van der Waals surface area contributed by atoms with E-state index in [-0.39, 0.29) is 42.4 Å². The van der Waals surface area contributed by atoms with Crippen LogP contribution in [0, 0.1) is 0 Å². The fraction of sp³-hybridized carbons (Fsp3) is 0.455. The summed E-state index contributed by atoms with van der Waals surface area (Å²) in [5.74, 6) is -0.330. The minimum atomic E-state index is -1.88. The van der Waals surface area contributed by atoms with Gasteiger partial charge in [-0.3, -0.25) is 4.79 Å². The summed E-state index contributed by atoms with van der Waals surface area (Å²) in [5.41, 5.74) is 1.73. The van der Waals surface area contributed by atoms with E-state index in [4.69, 9.17) is 14.5 Å². The highest BCUT2D eigenvalue weighted by Crippen LogP contribution is 2.41. The number of fused-ring (bicyclic) bond motifs is 5. The van der Waals surface area contributed by atoms with E-state index in [9.17, 15) is 19.5 Å². The molecular formula is C33H36N4O6. The van der Waals surface area contributed by atoms with Gasteiger partial charge in [0.1, 0.15) is 12.4 Å². The highest BCUT2D eigenvalue weighted by atomic mass is 16.6. The van der Waals surface area contributed by atoms with E-state index in [1.54, 1.807) is 46.7 Å². The van der Waals surface area contributed by atoms with Crippen molar-refractivity contribution in [3.63, 3.8) is 0 Å². The van der Waals surface area contributed by atoms with Crippen molar-refractivity contribution in [1.82, 2.24) is 19.4 Å². The summed E-state index contributed by atoms with van der Waals surface area (Å²) in [6.07, 6.45) is 7.21. The van der Waals surface area contributed by atoms with Gasteiger partial charge in [0, 0.05) is 35.6 Å². The number of hydrogen-bond acceptors (Lipinski definition) is 8. The molecular weight excluding hydrogens is 548 g/mol. The first-order valence-corrected chi connectivity index (χ1v) is 15.3. The Morgan fingerprint density at radius 2 is 1.91 bits per heavy atom. The van der Waals surface area contributed by atoms with Crippen molar-refractivity contribution in [2.75, 3.05) is 26.2 Å². The Morgan fingerprint density at radius 1 is 1.14 bits per heavy atom. The van der Waals surface area contributed by atoms with Gasteiger partial charge in [0.15, 0.2) is 5.60 Å². The second-order valence-electron chi connectivity index (χ2n) is 12.0. The number of benzene rings is 1. The molecule has 0 unspecified atom stereocenters. The first-order chi connectivity index (χ1) is 20.8. The van der Waals surface area contributed by atoms with Crippen LogP contribution in [0.4, 0.5) is 4.79 Å². The molecule has 0 radical (unpaired) electrons. The van der Waals surface area contributed by atoms with Crippen LogP contribution in [0.25, 0.3) is 28.4 Å². The molecule has 10 heteroatoms. The number of esters is 1. The summed E-state index contributed by atoms with van der Waals surface area (Å²) < 4.78 is 12.6. The number of amides is 1. The average molecular weight is 585 g/mol. The summed E-state index contributed by atoms with van der Waals surface area (Å²) >= 11 is 0. The maximum absolute atomic E-state index is 13.6. The van der Waals surface area contributed by atoms with Crippen molar-refractivity contribution in [2.24, 2.45) is 0 Å². The number of likely N-dealkylation sites (tertiary alicyclic amines) is 2. The summed E-state index contributed by atoms with van der Waals surface area (Å²) in [5, 5.41) is 11.9. The molecule has 2 saturated heterocycles. The number of ether oxygens (including phenoxy) is 2. The number of pyridine rings is 2. The number of rotatable bonds is 4. The maximum atomic E-state index is 13.6. The molecule has 3 aromatic rings. The Balaban J connectivity index is 1.17. The molecule has 0 bridgehead atoms. The van der Waals surface area contributed by atoms with Crippen LogP contribution < -0.4 is 10.3 Å². The van der Waals surface area contributed by atoms with Crippen molar-refractivity contribution in [3.8, 4) is 17.1 Å². The van der Waals surface area contributed by atoms with E-state index in [1.807, 2.05) is 0 Å². The van der Waals surface area contributed by atoms with Gasteiger partial charge in [-0.15, -0.1) is 0 Å². The van der Waals surface area contributed by atoms with Crippen molar-refractivity contribution in [2.45, 2.75) is 70.2 Å². The average Bonchev–Trinajstić information content (AvgIpc) is 3.41. The molecule has 2 fully saturated rings. The third kappa shape index (κ3) is 4.46. The van der Waals surface area contributed by atoms with E-state index in [1.165, 1.54) is 19.3 Å². The standard InChI is InChI=1S/C33H36N4O6/c1-3-22-23-16-21(43-32(40)36-14-10-20(11-15-36)35-12-6-5-7-13-35)8-9-27(23)34-29-24(22)18-37-28(29)17-26-25(30(37)38)19-42-31(39)33(26,41)4-2/h3,8-9,16-17,20,41H,1,4-7,10-15,18-19H2,2H3/t33-/m0/s1. The Morgan fingerprint density at radius 3 is 2.63 bits per heavy atom. The zero-order valence-electron chi connectivity index (χ0n) is 24.4. The molecule has 2 aromatic heterocycles. The van der Waals surface area contributed by atoms with Crippen molar-refractivity contribution >= 4 is 29.0 Å². The van der Waals surface area contributed by atoms with Crippen LogP contribution >= 0.6 is 0 Å². The molecule has 224 valence electrons.